The quantitative estimate of drug-likeness (QED) is 0.850. The van der Waals surface area contributed by atoms with Crippen LogP contribution in [0.2, 0.25) is 5.02 Å². The van der Waals surface area contributed by atoms with Gasteiger partial charge in [-0.05, 0) is 25.0 Å². The molecule has 1 atom stereocenters. The Bertz CT molecular complexity index is 418. The number of nitrogens with zero attached hydrogens (tertiary/aromatic N) is 1. The van der Waals surface area contributed by atoms with Gasteiger partial charge < -0.3 is 10.6 Å². The Labute approximate surface area is 114 Å². The summed E-state index contributed by atoms with van der Waals surface area (Å²) < 4.78 is 0. The third-order valence-electron chi connectivity index (χ3n) is 3.19. The normalized spacial score (nSPS) is 12.6. The third kappa shape index (κ3) is 3.11. The second-order valence-electron chi connectivity index (χ2n) is 4.59. The zero-order chi connectivity index (χ0) is 13.2. The summed E-state index contributed by atoms with van der Waals surface area (Å²) in [4.78, 5) is 2.51. The molecule has 17 heavy (non-hydrogen) atoms. The van der Waals surface area contributed by atoms with Crippen molar-refractivity contribution in [2.45, 2.75) is 26.8 Å². The number of rotatable bonds is 4. The third-order valence-corrected chi connectivity index (χ3v) is 3.71. The van der Waals surface area contributed by atoms with E-state index >= 15 is 0 Å². The van der Waals surface area contributed by atoms with Crippen molar-refractivity contribution in [2.75, 3.05) is 11.9 Å². The first kappa shape index (κ1) is 14.3. The van der Waals surface area contributed by atoms with Gasteiger partial charge >= 0.3 is 0 Å². The van der Waals surface area contributed by atoms with Gasteiger partial charge in [0, 0.05) is 18.8 Å². The summed E-state index contributed by atoms with van der Waals surface area (Å²) in [7, 11) is 2.04. The summed E-state index contributed by atoms with van der Waals surface area (Å²) in [5, 5.41) is 0.609. The van der Waals surface area contributed by atoms with Crippen LogP contribution in [-0.2, 0) is 0 Å². The Morgan fingerprint density at radius 3 is 2.41 bits per heavy atom. The fourth-order valence-corrected chi connectivity index (χ4v) is 2.26. The second kappa shape index (κ2) is 5.69. The van der Waals surface area contributed by atoms with E-state index in [9.17, 15) is 0 Å². The molecule has 0 aromatic heterocycles. The molecule has 0 bridgehead atoms. The molecule has 1 aromatic rings. The van der Waals surface area contributed by atoms with Crippen LogP contribution in [0, 0.1) is 5.92 Å². The fraction of sp³-hybridized carbons (Fsp3) is 0.462. The summed E-state index contributed by atoms with van der Waals surface area (Å²) in [6.07, 6.45) is 0. The molecule has 0 aliphatic heterocycles. The minimum absolute atomic E-state index is 0.341. The minimum Gasteiger partial charge on any atom is -0.389 e. The van der Waals surface area contributed by atoms with Gasteiger partial charge in [0.15, 0.2) is 0 Å². The molecule has 0 saturated carbocycles. The molecule has 0 fully saturated rings. The Morgan fingerprint density at radius 1 is 1.35 bits per heavy atom. The maximum atomic E-state index is 6.16. The molecule has 0 radical (unpaired) electrons. The van der Waals surface area contributed by atoms with Crippen molar-refractivity contribution in [2.24, 2.45) is 11.7 Å². The van der Waals surface area contributed by atoms with E-state index < -0.39 is 0 Å². The highest BCUT2D eigenvalue weighted by Crippen LogP contribution is 2.29. The van der Waals surface area contributed by atoms with E-state index in [1.165, 1.54) is 0 Å². The van der Waals surface area contributed by atoms with E-state index in [0.717, 1.165) is 11.3 Å². The van der Waals surface area contributed by atoms with Crippen LogP contribution in [0.25, 0.3) is 0 Å². The standard InChI is InChI=1S/C13H19ClN2S/c1-8(2)9(3)16(4)11-7-5-6-10(14)12(11)13(15)17/h5-9H,1-4H3,(H2,15,17). The zero-order valence-electron chi connectivity index (χ0n) is 10.7. The van der Waals surface area contributed by atoms with Gasteiger partial charge in [0.25, 0.3) is 0 Å². The number of benzene rings is 1. The smallest absolute Gasteiger partial charge is 0.107 e. The van der Waals surface area contributed by atoms with Crippen LogP contribution in [-0.4, -0.2) is 18.1 Å². The zero-order valence-corrected chi connectivity index (χ0v) is 12.3. The molecule has 0 amide bonds. The van der Waals surface area contributed by atoms with Crippen molar-refractivity contribution >= 4 is 34.5 Å². The van der Waals surface area contributed by atoms with Crippen LogP contribution < -0.4 is 10.6 Å². The number of thiocarbonyl (C=S) groups is 1. The summed E-state index contributed by atoms with van der Waals surface area (Å²) in [5.41, 5.74) is 7.50. The van der Waals surface area contributed by atoms with Crippen LogP contribution in [0.15, 0.2) is 18.2 Å². The molecule has 0 aliphatic rings. The number of anilines is 1. The predicted octanol–water partition coefficient (Wildman–Crippen LogP) is 3.45. The van der Waals surface area contributed by atoms with E-state index in [1.807, 2.05) is 25.2 Å². The van der Waals surface area contributed by atoms with Crippen molar-refractivity contribution in [1.29, 1.82) is 0 Å². The van der Waals surface area contributed by atoms with Gasteiger partial charge in [-0.1, -0.05) is 43.7 Å². The van der Waals surface area contributed by atoms with Crippen molar-refractivity contribution in [3.8, 4) is 0 Å². The maximum Gasteiger partial charge on any atom is 0.107 e. The van der Waals surface area contributed by atoms with E-state index in [1.54, 1.807) is 0 Å². The van der Waals surface area contributed by atoms with E-state index in [2.05, 4.69) is 25.7 Å². The highest BCUT2D eigenvalue weighted by Gasteiger charge is 2.18. The van der Waals surface area contributed by atoms with E-state index in [0.29, 0.717) is 22.0 Å². The van der Waals surface area contributed by atoms with Crippen molar-refractivity contribution in [1.82, 2.24) is 0 Å². The summed E-state index contributed by atoms with van der Waals surface area (Å²) in [5.74, 6) is 0.540. The Morgan fingerprint density at radius 2 is 1.94 bits per heavy atom. The predicted molar refractivity (Wildman–Crippen MR) is 80.0 cm³/mol. The lowest BCUT2D eigenvalue weighted by atomic mass is 10.0. The first-order valence-corrected chi connectivity index (χ1v) is 6.46. The van der Waals surface area contributed by atoms with Gasteiger partial charge in [0.1, 0.15) is 4.99 Å². The molecule has 1 unspecified atom stereocenters. The SMILES string of the molecule is CC(C)C(C)N(C)c1cccc(Cl)c1C(N)=S. The van der Waals surface area contributed by atoms with Gasteiger partial charge in [-0.15, -0.1) is 0 Å². The van der Waals surface area contributed by atoms with Crippen molar-refractivity contribution in [3.63, 3.8) is 0 Å². The number of nitrogens with two attached hydrogens (primary N) is 1. The number of hydrogen-bond donors (Lipinski definition) is 1. The summed E-state index contributed by atoms with van der Waals surface area (Å²) >= 11 is 11.2. The van der Waals surface area contributed by atoms with Gasteiger partial charge in [-0.3, -0.25) is 0 Å². The molecular weight excluding hydrogens is 252 g/mol. The van der Waals surface area contributed by atoms with Crippen molar-refractivity contribution < 1.29 is 0 Å². The molecule has 2 N–H and O–H groups in total. The van der Waals surface area contributed by atoms with E-state index in [-0.39, 0.29) is 0 Å². The maximum absolute atomic E-state index is 6.16. The van der Waals surface area contributed by atoms with Crippen LogP contribution in [0.3, 0.4) is 0 Å². The molecule has 2 nitrogen and oxygen atoms in total. The molecule has 1 rings (SSSR count). The summed E-state index contributed by atoms with van der Waals surface area (Å²) in [6, 6.07) is 6.12. The average Bonchev–Trinajstić information content (AvgIpc) is 2.25. The molecule has 0 spiro atoms. The van der Waals surface area contributed by atoms with Gasteiger partial charge in [-0.25, -0.2) is 0 Å². The van der Waals surface area contributed by atoms with E-state index in [4.69, 9.17) is 29.6 Å². The highest BCUT2D eigenvalue weighted by atomic mass is 35.5. The number of hydrogen-bond acceptors (Lipinski definition) is 2. The minimum atomic E-state index is 0.341. The lowest BCUT2D eigenvalue weighted by Gasteiger charge is -2.31. The Kier molecular flexibility index (Phi) is 4.78. The van der Waals surface area contributed by atoms with Crippen LogP contribution in [0.4, 0.5) is 5.69 Å². The molecule has 94 valence electrons. The van der Waals surface area contributed by atoms with Gasteiger partial charge in [0.05, 0.1) is 10.6 Å². The molecular formula is C13H19ClN2S. The highest BCUT2D eigenvalue weighted by molar-refractivity contribution is 7.80. The molecule has 4 heteroatoms. The topological polar surface area (TPSA) is 29.3 Å². The van der Waals surface area contributed by atoms with Crippen LogP contribution >= 0.6 is 23.8 Å². The molecule has 0 saturated heterocycles. The fourth-order valence-electron chi connectivity index (χ4n) is 1.72. The largest absolute Gasteiger partial charge is 0.389 e. The molecule has 1 aromatic carbocycles. The summed E-state index contributed by atoms with van der Waals surface area (Å²) in [6.45, 7) is 6.55. The Hall–Kier alpha value is -0.800. The Balaban J connectivity index is 3.22. The monoisotopic (exact) mass is 270 g/mol. The van der Waals surface area contributed by atoms with Crippen LogP contribution in [0.1, 0.15) is 26.3 Å². The van der Waals surface area contributed by atoms with Crippen molar-refractivity contribution in [3.05, 3.63) is 28.8 Å². The van der Waals surface area contributed by atoms with Gasteiger partial charge in [-0.2, -0.15) is 0 Å². The number of halogens is 1. The first-order chi connectivity index (χ1) is 7.86. The average molecular weight is 271 g/mol. The molecule has 0 aliphatic carbocycles. The lowest BCUT2D eigenvalue weighted by Crippen LogP contribution is -2.34. The first-order valence-electron chi connectivity index (χ1n) is 5.67. The van der Waals surface area contributed by atoms with Crippen LogP contribution in [0.5, 0.6) is 0 Å². The lowest BCUT2D eigenvalue weighted by molar-refractivity contribution is 0.505. The van der Waals surface area contributed by atoms with Gasteiger partial charge in [0.2, 0.25) is 0 Å². The second-order valence-corrected chi connectivity index (χ2v) is 5.44. The molecule has 0 heterocycles.